The van der Waals surface area contributed by atoms with E-state index >= 15 is 0 Å². The molecule has 0 bridgehead atoms. The molecule has 1 aliphatic heterocycles. The van der Waals surface area contributed by atoms with Gasteiger partial charge in [-0.2, -0.15) is 8.78 Å². The highest BCUT2D eigenvalue weighted by Gasteiger charge is 2.74. The number of hydrogen-bond acceptors (Lipinski definition) is 6. The third-order valence-corrected chi connectivity index (χ3v) is 3.64. The summed E-state index contributed by atoms with van der Waals surface area (Å²) in [5.74, 6) is -8.42. The third kappa shape index (κ3) is 3.64. The summed E-state index contributed by atoms with van der Waals surface area (Å²) >= 11 is 0. The lowest BCUT2D eigenvalue weighted by Crippen LogP contribution is -2.56. The van der Waals surface area contributed by atoms with Crippen LogP contribution in [0.5, 0.6) is 0 Å². The van der Waals surface area contributed by atoms with Gasteiger partial charge < -0.3 is 14.2 Å². The van der Waals surface area contributed by atoms with Gasteiger partial charge in [-0.3, -0.25) is 9.53 Å². The molecule has 0 amide bonds. The van der Waals surface area contributed by atoms with Crippen molar-refractivity contribution < 1.29 is 37.3 Å². The van der Waals surface area contributed by atoms with Crippen molar-refractivity contribution in [3.8, 4) is 0 Å². The molecule has 1 aromatic rings. The van der Waals surface area contributed by atoms with Crippen molar-refractivity contribution >= 4 is 11.9 Å². The lowest BCUT2D eigenvalue weighted by Gasteiger charge is -2.34. The van der Waals surface area contributed by atoms with Gasteiger partial charge in [-0.05, 0) is 39.8 Å². The predicted molar refractivity (Wildman–Crippen MR) is 81.6 cm³/mol. The van der Waals surface area contributed by atoms with Crippen LogP contribution in [0.3, 0.4) is 0 Å². The molecular weight excluding hydrogens is 338 g/mol. The van der Waals surface area contributed by atoms with Crippen LogP contribution in [0.1, 0.15) is 38.1 Å². The van der Waals surface area contributed by atoms with Crippen molar-refractivity contribution in [1.82, 2.24) is 0 Å². The summed E-state index contributed by atoms with van der Waals surface area (Å²) in [5.41, 5.74) is 0.0297. The van der Waals surface area contributed by atoms with E-state index in [1.165, 1.54) is 32.9 Å². The van der Waals surface area contributed by atoms with Crippen LogP contribution in [0.25, 0.3) is 0 Å². The molecule has 1 aromatic carbocycles. The molecule has 25 heavy (non-hydrogen) atoms. The molecule has 6 nitrogen and oxygen atoms in total. The van der Waals surface area contributed by atoms with Crippen LogP contribution in [0.2, 0.25) is 0 Å². The first-order valence-corrected chi connectivity index (χ1v) is 7.78. The fraction of sp³-hybridized carbons (Fsp3) is 0.529. The van der Waals surface area contributed by atoms with Gasteiger partial charge in [0.15, 0.2) is 5.79 Å². The molecule has 1 aliphatic rings. The Kier molecular flexibility index (Phi) is 5.15. The normalized spacial score (nSPS) is 25.2. The van der Waals surface area contributed by atoms with E-state index in [4.69, 9.17) is 14.2 Å². The van der Waals surface area contributed by atoms with E-state index in [1.54, 1.807) is 18.2 Å². The van der Waals surface area contributed by atoms with Crippen molar-refractivity contribution in [2.45, 2.75) is 45.4 Å². The molecule has 0 N–H and O–H groups in total. The monoisotopic (exact) mass is 358 g/mol. The van der Waals surface area contributed by atoms with Crippen LogP contribution in [-0.4, -0.2) is 36.2 Å². The number of hydrogen-bond donors (Lipinski definition) is 0. The van der Waals surface area contributed by atoms with Crippen LogP contribution in [0.4, 0.5) is 8.78 Å². The van der Waals surface area contributed by atoms with Crippen molar-refractivity contribution in [2.75, 3.05) is 6.61 Å². The van der Waals surface area contributed by atoms with Crippen LogP contribution >= 0.6 is 0 Å². The molecule has 0 saturated carbocycles. The molecule has 0 radical (unpaired) electrons. The summed E-state index contributed by atoms with van der Waals surface area (Å²) in [6.07, 6.45) is -4.06. The first-order valence-electron chi connectivity index (χ1n) is 7.78. The molecule has 0 aromatic heterocycles. The molecule has 138 valence electrons. The quantitative estimate of drug-likeness (QED) is 0.753. The third-order valence-electron chi connectivity index (χ3n) is 3.64. The zero-order chi connectivity index (χ0) is 18.9. The van der Waals surface area contributed by atoms with Crippen LogP contribution in [-0.2, 0) is 23.7 Å². The Morgan fingerprint density at radius 2 is 1.76 bits per heavy atom. The number of rotatable bonds is 5. The molecule has 1 fully saturated rings. The molecule has 0 aliphatic carbocycles. The van der Waals surface area contributed by atoms with Gasteiger partial charge in [0.05, 0.1) is 12.2 Å². The molecule has 2 atom stereocenters. The predicted octanol–water partition coefficient (Wildman–Crippen LogP) is 3.11. The number of halogens is 2. The molecule has 1 saturated heterocycles. The highest BCUT2D eigenvalue weighted by atomic mass is 19.3. The van der Waals surface area contributed by atoms with Crippen LogP contribution in [0.15, 0.2) is 30.3 Å². The smallest absolute Gasteiger partial charge is 0.424 e. The Balaban J connectivity index is 2.43. The van der Waals surface area contributed by atoms with Gasteiger partial charge in [0.2, 0.25) is 0 Å². The zero-order valence-electron chi connectivity index (χ0n) is 14.4. The molecule has 2 rings (SSSR count). The highest BCUT2D eigenvalue weighted by Crippen LogP contribution is 2.51. The standard InChI is InChI=1S/C17H20F2O6/c1-5-22-13(20)11(2)16(17(18,19)25-15(3,4)24-16)23-14(21)12-9-7-6-8-10-12/h6-11H,5H2,1-4H3. The second kappa shape index (κ2) is 6.68. The summed E-state index contributed by atoms with van der Waals surface area (Å²) in [7, 11) is 0. The summed E-state index contributed by atoms with van der Waals surface area (Å²) in [6.45, 7) is 5.10. The highest BCUT2D eigenvalue weighted by molar-refractivity contribution is 5.90. The van der Waals surface area contributed by atoms with E-state index in [0.717, 1.165) is 6.92 Å². The number of alkyl halides is 2. The Morgan fingerprint density at radius 3 is 2.24 bits per heavy atom. The minimum absolute atomic E-state index is 0.0261. The summed E-state index contributed by atoms with van der Waals surface area (Å²) in [4.78, 5) is 24.4. The minimum Gasteiger partial charge on any atom is -0.466 e. The maximum atomic E-state index is 14.7. The number of ether oxygens (including phenoxy) is 4. The van der Waals surface area contributed by atoms with Gasteiger partial charge in [-0.15, -0.1) is 0 Å². The fourth-order valence-electron chi connectivity index (χ4n) is 2.53. The lowest BCUT2D eigenvalue weighted by atomic mass is 9.99. The van der Waals surface area contributed by atoms with Gasteiger partial charge in [0.1, 0.15) is 5.92 Å². The Hall–Kier alpha value is -2.06. The number of carbonyl (C=O) groups is 2. The number of carbonyl (C=O) groups excluding carboxylic acids is 2. The first-order chi connectivity index (χ1) is 11.5. The topological polar surface area (TPSA) is 71.1 Å². The zero-order valence-corrected chi connectivity index (χ0v) is 14.4. The molecule has 2 unspecified atom stereocenters. The second-order valence-electron chi connectivity index (χ2n) is 6.02. The van der Waals surface area contributed by atoms with Crippen LogP contribution < -0.4 is 0 Å². The summed E-state index contributed by atoms with van der Waals surface area (Å²) in [6, 6.07) is 7.53. The van der Waals surface area contributed by atoms with Crippen LogP contribution in [0, 0.1) is 5.92 Å². The number of esters is 2. The second-order valence-corrected chi connectivity index (χ2v) is 6.02. The van der Waals surface area contributed by atoms with Gasteiger partial charge in [0.25, 0.3) is 0 Å². The Bertz CT molecular complexity index is 646. The maximum Gasteiger partial charge on any atom is 0.424 e. The van der Waals surface area contributed by atoms with E-state index < -0.39 is 35.5 Å². The van der Waals surface area contributed by atoms with Gasteiger partial charge >= 0.3 is 23.8 Å². The van der Waals surface area contributed by atoms with Gasteiger partial charge in [-0.1, -0.05) is 18.2 Å². The van der Waals surface area contributed by atoms with E-state index in [1.807, 2.05) is 0 Å². The maximum absolute atomic E-state index is 14.7. The van der Waals surface area contributed by atoms with E-state index in [-0.39, 0.29) is 12.2 Å². The number of benzene rings is 1. The molecular formula is C17H20F2O6. The summed E-state index contributed by atoms with van der Waals surface area (Å²) in [5, 5.41) is 0. The summed E-state index contributed by atoms with van der Waals surface area (Å²) < 4.78 is 49.0. The lowest BCUT2D eigenvalue weighted by molar-refractivity contribution is -0.333. The van der Waals surface area contributed by atoms with Gasteiger partial charge in [-0.25, -0.2) is 4.79 Å². The Morgan fingerprint density at radius 1 is 1.16 bits per heavy atom. The van der Waals surface area contributed by atoms with Gasteiger partial charge in [0, 0.05) is 0 Å². The fourth-order valence-corrected chi connectivity index (χ4v) is 2.53. The van der Waals surface area contributed by atoms with E-state index in [9.17, 15) is 18.4 Å². The van der Waals surface area contributed by atoms with Crippen molar-refractivity contribution in [3.05, 3.63) is 35.9 Å². The van der Waals surface area contributed by atoms with Crippen molar-refractivity contribution in [2.24, 2.45) is 5.92 Å². The van der Waals surface area contributed by atoms with Crippen molar-refractivity contribution in [1.29, 1.82) is 0 Å². The average molecular weight is 358 g/mol. The first kappa shape index (κ1) is 19.3. The average Bonchev–Trinajstić information content (AvgIpc) is 2.72. The molecule has 8 heteroatoms. The molecule has 0 spiro atoms. The SMILES string of the molecule is CCOC(=O)C(C)C1(OC(=O)c2ccccc2)OC(C)(C)OC1(F)F. The molecule has 1 heterocycles. The Labute approximate surface area is 144 Å². The van der Waals surface area contributed by atoms with E-state index in [0.29, 0.717) is 0 Å². The van der Waals surface area contributed by atoms with Crippen molar-refractivity contribution in [3.63, 3.8) is 0 Å². The minimum atomic E-state index is -4.06. The largest absolute Gasteiger partial charge is 0.466 e. The van der Waals surface area contributed by atoms with E-state index in [2.05, 4.69) is 4.74 Å².